The minimum Gasteiger partial charge on any atom is -0.497 e. The summed E-state index contributed by atoms with van der Waals surface area (Å²) < 4.78 is 5.10. The number of carbonyl (C=O) groups is 3. The fraction of sp³-hybridized carbons (Fsp3) is 0.500. The zero-order valence-electron chi connectivity index (χ0n) is 15.7. The first-order valence-corrected chi connectivity index (χ1v) is 9.93. The average molecular weight is 395 g/mol. The Labute approximate surface area is 162 Å². The molecule has 1 aromatic rings. The highest BCUT2D eigenvalue weighted by Crippen LogP contribution is 2.29. The standard InChI is InChI=1S/C18H25N3O5S/c1-18(12-4-6-14(26-2)7-5-12)16(24)21(17(25)20-18)10-15(23)19-13(11-22)8-9-27-3/h4-7,13,22H,8-11H2,1-3H3,(H,19,23)(H,20,25)/t13-,18+/m1/s1. The van der Waals surface area contributed by atoms with E-state index in [9.17, 15) is 19.5 Å². The molecule has 0 spiro atoms. The molecule has 0 aromatic heterocycles. The number of amides is 4. The highest BCUT2D eigenvalue weighted by molar-refractivity contribution is 7.98. The average Bonchev–Trinajstić information content (AvgIpc) is 2.89. The van der Waals surface area contributed by atoms with Crippen LogP contribution < -0.4 is 15.4 Å². The molecule has 0 radical (unpaired) electrons. The number of carbonyl (C=O) groups excluding carboxylic acids is 3. The summed E-state index contributed by atoms with van der Waals surface area (Å²) in [6.07, 6.45) is 2.54. The molecule has 0 aliphatic carbocycles. The second-order valence-electron chi connectivity index (χ2n) is 6.40. The van der Waals surface area contributed by atoms with Crippen LogP contribution in [0.3, 0.4) is 0 Å². The van der Waals surface area contributed by atoms with Gasteiger partial charge < -0.3 is 20.5 Å². The zero-order chi connectivity index (χ0) is 20.0. The normalized spacial score (nSPS) is 20.4. The summed E-state index contributed by atoms with van der Waals surface area (Å²) in [5.41, 5.74) is -0.656. The maximum absolute atomic E-state index is 12.8. The van der Waals surface area contributed by atoms with E-state index in [-0.39, 0.29) is 6.61 Å². The zero-order valence-corrected chi connectivity index (χ0v) is 16.5. The molecule has 9 heteroatoms. The van der Waals surface area contributed by atoms with Gasteiger partial charge in [-0.15, -0.1) is 0 Å². The van der Waals surface area contributed by atoms with Crippen molar-refractivity contribution in [3.8, 4) is 5.75 Å². The van der Waals surface area contributed by atoms with Gasteiger partial charge in [-0.2, -0.15) is 11.8 Å². The highest BCUT2D eigenvalue weighted by atomic mass is 32.2. The van der Waals surface area contributed by atoms with Crippen molar-refractivity contribution in [1.29, 1.82) is 0 Å². The third-order valence-electron chi connectivity index (χ3n) is 4.50. The predicted molar refractivity (Wildman–Crippen MR) is 103 cm³/mol. The Morgan fingerprint density at radius 3 is 2.59 bits per heavy atom. The van der Waals surface area contributed by atoms with Crippen LogP contribution >= 0.6 is 11.8 Å². The number of hydrogen-bond acceptors (Lipinski definition) is 6. The third kappa shape index (κ3) is 4.72. The van der Waals surface area contributed by atoms with Crippen molar-refractivity contribution in [3.05, 3.63) is 29.8 Å². The maximum Gasteiger partial charge on any atom is 0.325 e. The van der Waals surface area contributed by atoms with Gasteiger partial charge in [0.15, 0.2) is 0 Å². The van der Waals surface area contributed by atoms with E-state index < -0.39 is 36.0 Å². The summed E-state index contributed by atoms with van der Waals surface area (Å²) in [6, 6.07) is 5.77. The summed E-state index contributed by atoms with van der Waals surface area (Å²) in [4.78, 5) is 38.3. The molecule has 2 atom stereocenters. The molecular formula is C18H25N3O5S. The van der Waals surface area contributed by atoms with Gasteiger partial charge in [0.1, 0.15) is 17.8 Å². The minimum atomic E-state index is -1.25. The van der Waals surface area contributed by atoms with Crippen LogP contribution in [-0.2, 0) is 15.1 Å². The number of benzene rings is 1. The highest BCUT2D eigenvalue weighted by Gasteiger charge is 2.49. The molecule has 3 N–H and O–H groups in total. The van der Waals surface area contributed by atoms with E-state index in [0.717, 1.165) is 10.7 Å². The summed E-state index contributed by atoms with van der Waals surface area (Å²) >= 11 is 1.61. The van der Waals surface area contributed by atoms with E-state index in [1.165, 1.54) is 0 Å². The number of aliphatic hydroxyl groups excluding tert-OH is 1. The van der Waals surface area contributed by atoms with Crippen molar-refractivity contribution < 1.29 is 24.2 Å². The van der Waals surface area contributed by atoms with Gasteiger partial charge in [-0.1, -0.05) is 12.1 Å². The van der Waals surface area contributed by atoms with Crippen LogP contribution in [0, 0.1) is 0 Å². The summed E-state index contributed by atoms with van der Waals surface area (Å²) in [5.74, 6) is 0.426. The molecule has 1 heterocycles. The quantitative estimate of drug-likeness (QED) is 0.531. The van der Waals surface area contributed by atoms with Gasteiger partial charge in [0.25, 0.3) is 5.91 Å². The Balaban J connectivity index is 2.07. The number of nitrogens with one attached hydrogen (secondary N) is 2. The number of nitrogens with zero attached hydrogens (tertiary/aromatic N) is 1. The topological polar surface area (TPSA) is 108 Å². The maximum atomic E-state index is 12.8. The molecule has 1 fully saturated rings. The SMILES string of the molecule is COc1ccc([C@]2(C)NC(=O)N(CC(=O)N[C@@H](CO)CCSC)C2=O)cc1. The first-order valence-electron chi connectivity index (χ1n) is 8.53. The number of imide groups is 1. The van der Waals surface area contributed by atoms with Crippen LogP contribution in [0.2, 0.25) is 0 Å². The summed E-state index contributed by atoms with van der Waals surface area (Å²) in [6.45, 7) is 1.00. The largest absolute Gasteiger partial charge is 0.497 e. The van der Waals surface area contributed by atoms with E-state index in [1.807, 2.05) is 6.26 Å². The lowest BCUT2D eigenvalue weighted by Gasteiger charge is -2.22. The van der Waals surface area contributed by atoms with Crippen molar-refractivity contribution in [2.24, 2.45) is 0 Å². The molecular weight excluding hydrogens is 370 g/mol. The lowest BCUT2D eigenvalue weighted by molar-refractivity contribution is -0.135. The number of thioether (sulfide) groups is 1. The van der Waals surface area contributed by atoms with Crippen molar-refractivity contribution in [2.45, 2.75) is 24.9 Å². The first-order chi connectivity index (χ1) is 12.8. The molecule has 0 bridgehead atoms. The molecule has 4 amide bonds. The van der Waals surface area contributed by atoms with Crippen molar-refractivity contribution >= 4 is 29.6 Å². The lowest BCUT2D eigenvalue weighted by Crippen LogP contribution is -2.46. The number of aliphatic hydroxyl groups is 1. The van der Waals surface area contributed by atoms with Crippen LogP contribution in [0.15, 0.2) is 24.3 Å². The van der Waals surface area contributed by atoms with Crippen LogP contribution in [0.4, 0.5) is 4.79 Å². The van der Waals surface area contributed by atoms with Gasteiger partial charge in [-0.25, -0.2) is 4.79 Å². The monoisotopic (exact) mass is 395 g/mol. The van der Waals surface area contributed by atoms with Gasteiger partial charge in [-0.3, -0.25) is 14.5 Å². The van der Waals surface area contributed by atoms with Gasteiger partial charge in [0.2, 0.25) is 5.91 Å². The number of rotatable bonds is 9. The third-order valence-corrected chi connectivity index (χ3v) is 5.14. The molecule has 0 unspecified atom stereocenters. The van der Waals surface area contributed by atoms with Crippen molar-refractivity contribution in [2.75, 3.05) is 32.3 Å². The first kappa shape index (κ1) is 21.0. The second-order valence-corrected chi connectivity index (χ2v) is 7.39. The molecule has 1 aromatic carbocycles. The Hall–Kier alpha value is -2.26. The van der Waals surface area contributed by atoms with Crippen LogP contribution in [0.5, 0.6) is 5.75 Å². The van der Waals surface area contributed by atoms with E-state index in [4.69, 9.17) is 4.74 Å². The van der Waals surface area contributed by atoms with Crippen LogP contribution in [0.1, 0.15) is 18.9 Å². The molecule has 1 aliphatic rings. The van der Waals surface area contributed by atoms with Gasteiger partial charge >= 0.3 is 6.03 Å². The Morgan fingerprint density at radius 2 is 2.04 bits per heavy atom. The molecule has 1 aliphatic heterocycles. The Morgan fingerprint density at radius 1 is 1.37 bits per heavy atom. The molecule has 0 saturated carbocycles. The van der Waals surface area contributed by atoms with Gasteiger partial charge in [0.05, 0.1) is 19.8 Å². The summed E-state index contributed by atoms with van der Waals surface area (Å²) in [7, 11) is 1.54. The predicted octanol–water partition coefficient (Wildman–Crippen LogP) is 0.692. The number of ether oxygens (including phenoxy) is 1. The van der Waals surface area contributed by atoms with Gasteiger partial charge in [0, 0.05) is 0 Å². The van der Waals surface area contributed by atoms with Crippen molar-refractivity contribution in [1.82, 2.24) is 15.5 Å². The number of methoxy groups -OCH3 is 1. The molecule has 27 heavy (non-hydrogen) atoms. The van der Waals surface area contributed by atoms with E-state index in [2.05, 4.69) is 10.6 Å². The molecule has 8 nitrogen and oxygen atoms in total. The fourth-order valence-electron chi connectivity index (χ4n) is 2.85. The Kier molecular flexibility index (Phi) is 7.09. The molecule has 2 rings (SSSR count). The van der Waals surface area contributed by atoms with E-state index in [0.29, 0.717) is 17.7 Å². The smallest absolute Gasteiger partial charge is 0.325 e. The Bertz CT molecular complexity index is 697. The molecule has 1 saturated heterocycles. The number of hydrogen-bond donors (Lipinski definition) is 3. The molecule has 148 valence electrons. The van der Waals surface area contributed by atoms with Crippen molar-refractivity contribution in [3.63, 3.8) is 0 Å². The minimum absolute atomic E-state index is 0.198. The fourth-order valence-corrected chi connectivity index (χ4v) is 3.37. The van der Waals surface area contributed by atoms with Gasteiger partial charge in [-0.05, 0) is 43.0 Å². The van der Waals surface area contributed by atoms with E-state index in [1.54, 1.807) is 50.1 Å². The second kappa shape index (κ2) is 9.09. The number of urea groups is 1. The summed E-state index contributed by atoms with van der Waals surface area (Å²) in [5, 5.41) is 14.7. The lowest BCUT2D eigenvalue weighted by atomic mass is 9.92. The van der Waals surface area contributed by atoms with E-state index >= 15 is 0 Å². The van der Waals surface area contributed by atoms with Crippen LogP contribution in [-0.4, -0.2) is 66.2 Å². The van der Waals surface area contributed by atoms with Crippen LogP contribution in [0.25, 0.3) is 0 Å².